The first-order valence-electron chi connectivity index (χ1n) is 8.61. The monoisotopic (exact) mass is 411 g/mol. The molecular weight excluding hydrogens is 393 g/mol. The van der Waals surface area contributed by atoms with E-state index < -0.39 is 0 Å². The summed E-state index contributed by atoms with van der Waals surface area (Å²) >= 11 is 3.12. The Hall–Kier alpha value is -2.71. The van der Waals surface area contributed by atoms with Gasteiger partial charge in [-0.3, -0.25) is 0 Å². The van der Waals surface area contributed by atoms with Crippen LogP contribution >= 0.6 is 23.1 Å². The van der Waals surface area contributed by atoms with Gasteiger partial charge in [0.05, 0.1) is 17.1 Å². The van der Waals surface area contributed by atoms with Gasteiger partial charge in [-0.1, -0.05) is 11.8 Å². The fraction of sp³-hybridized carbons (Fsp3) is 0.150. The Bertz CT molecular complexity index is 1100. The minimum Gasteiger partial charge on any atom is -0.332 e. The van der Waals surface area contributed by atoms with Crippen molar-refractivity contribution in [1.29, 1.82) is 0 Å². The number of rotatable bonds is 5. The van der Waals surface area contributed by atoms with Crippen LogP contribution in [0.25, 0.3) is 22.5 Å². The Morgan fingerprint density at radius 2 is 1.86 bits per heavy atom. The van der Waals surface area contributed by atoms with E-state index >= 15 is 0 Å². The van der Waals surface area contributed by atoms with E-state index in [0.717, 1.165) is 38.5 Å². The summed E-state index contributed by atoms with van der Waals surface area (Å²) in [6.45, 7) is 4.04. The molecule has 28 heavy (non-hydrogen) atoms. The van der Waals surface area contributed by atoms with Crippen LogP contribution in [0.1, 0.15) is 10.6 Å². The molecule has 0 radical (unpaired) electrons. The summed E-state index contributed by atoms with van der Waals surface area (Å²) in [6.07, 6.45) is 3.70. The van der Waals surface area contributed by atoms with Crippen molar-refractivity contribution in [2.45, 2.75) is 19.0 Å². The van der Waals surface area contributed by atoms with Crippen LogP contribution in [-0.2, 0) is 0 Å². The molecule has 0 bridgehead atoms. The Morgan fingerprint density at radius 1 is 1.07 bits per heavy atom. The van der Waals surface area contributed by atoms with Crippen LogP contribution in [0, 0.1) is 19.7 Å². The smallest absolute Gasteiger partial charge is 0.188 e. The van der Waals surface area contributed by atoms with E-state index in [-0.39, 0.29) is 5.82 Å². The Labute approximate surface area is 170 Å². The molecule has 0 aliphatic carbocycles. The van der Waals surface area contributed by atoms with Crippen LogP contribution in [0.4, 0.5) is 15.3 Å². The molecule has 0 amide bonds. The predicted octanol–water partition coefficient (Wildman–Crippen LogP) is 5.82. The number of anilines is 2. The zero-order valence-corrected chi connectivity index (χ0v) is 17.2. The highest BCUT2D eigenvalue weighted by Crippen LogP contribution is 2.33. The first-order chi connectivity index (χ1) is 13.5. The number of benzene rings is 1. The normalized spacial score (nSPS) is 11.0. The van der Waals surface area contributed by atoms with Crippen molar-refractivity contribution in [1.82, 2.24) is 19.9 Å². The highest BCUT2D eigenvalue weighted by atomic mass is 32.2. The van der Waals surface area contributed by atoms with Crippen molar-refractivity contribution in [2.75, 3.05) is 11.6 Å². The molecule has 0 saturated heterocycles. The number of imidazole rings is 1. The fourth-order valence-electron chi connectivity index (χ4n) is 2.76. The van der Waals surface area contributed by atoms with Gasteiger partial charge in [0.25, 0.3) is 0 Å². The van der Waals surface area contributed by atoms with Crippen LogP contribution in [0.5, 0.6) is 0 Å². The third kappa shape index (κ3) is 3.79. The van der Waals surface area contributed by atoms with E-state index in [2.05, 4.69) is 20.3 Å². The Balaban J connectivity index is 1.72. The highest BCUT2D eigenvalue weighted by molar-refractivity contribution is 7.98. The Morgan fingerprint density at radius 3 is 2.54 bits per heavy atom. The van der Waals surface area contributed by atoms with Crippen LogP contribution in [0.15, 0.2) is 47.8 Å². The number of nitrogens with zero attached hydrogens (tertiary/aromatic N) is 3. The third-order valence-electron chi connectivity index (χ3n) is 4.31. The zero-order chi connectivity index (χ0) is 19.7. The Kier molecular flexibility index (Phi) is 5.15. The van der Waals surface area contributed by atoms with Crippen molar-refractivity contribution in [3.05, 3.63) is 59.0 Å². The minimum absolute atomic E-state index is 0.265. The molecule has 0 atom stereocenters. The molecular formula is C20H18FN5S2. The molecule has 0 saturated carbocycles. The summed E-state index contributed by atoms with van der Waals surface area (Å²) < 4.78 is 13.3. The summed E-state index contributed by atoms with van der Waals surface area (Å²) in [5, 5.41) is 4.88. The summed E-state index contributed by atoms with van der Waals surface area (Å²) in [7, 11) is 0. The molecule has 5 nitrogen and oxygen atoms in total. The number of halogens is 1. The SMILES string of the molecule is CSc1nc(-c2ccnc(Nc3nc(C)c(C)s3)c2)c(-c2ccc(F)cc2)[nH]1. The lowest BCUT2D eigenvalue weighted by Gasteiger charge is -2.06. The molecule has 2 N–H and O–H groups in total. The molecule has 3 heterocycles. The lowest BCUT2D eigenvalue weighted by Crippen LogP contribution is -1.94. The quantitative estimate of drug-likeness (QED) is 0.405. The van der Waals surface area contributed by atoms with Crippen molar-refractivity contribution < 1.29 is 4.39 Å². The maximum absolute atomic E-state index is 13.3. The molecule has 142 valence electrons. The second kappa shape index (κ2) is 7.73. The number of pyridine rings is 1. The number of nitrogens with one attached hydrogen (secondary N) is 2. The molecule has 0 fully saturated rings. The number of aromatic amines is 1. The van der Waals surface area contributed by atoms with Gasteiger partial charge in [0, 0.05) is 22.2 Å². The highest BCUT2D eigenvalue weighted by Gasteiger charge is 2.15. The van der Waals surface area contributed by atoms with E-state index in [0.29, 0.717) is 5.82 Å². The molecule has 8 heteroatoms. The maximum Gasteiger partial charge on any atom is 0.188 e. The molecule has 4 aromatic rings. The van der Waals surface area contributed by atoms with Crippen LogP contribution in [0.2, 0.25) is 0 Å². The fourth-order valence-corrected chi connectivity index (χ4v) is 3.97. The van der Waals surface area contributed by atoms with E-state index in [1.54, 1.807) is 29.7 Å². The number of aryl methyl sites for hydroxylation is 2. The number of H-pyrrole nitrogens is 1. The van der Waals surface area contributed by atoms with Crippen molar-refractivity contribution in [3.8, 4) is 22.5 Å². The third-order valence-corrected chi connectivity index (χ3v) is 5.87. The predicted molar refractivity (Wildman–Crippen MR) is 114 cm³/mol. The summed E-state index contributed by atoms with van der Waals surface area (Å²) in [4.78, 5) is 18.1. The average Bonchev–Trinajstić information content (AvgIpc) is 3.26. The second-order valence-corrected chi connectivity index (χ2v) is 8.19. The van der Waals surface area contributed by atoms with Gasteiger partial charge < -0.3 is 10.3 Å². The van der Waals surface area contributed by atoms with Gasteiger partial charge >= 0.3 is 0 Å². The van der Waals surface area contributed by atoms with E-state index in [4.69, 9.17) is 4.98 Å². The van der Waals surface area contributed by atoms with Gasteiger partial charge in [0.1, 0.15) is 11.6 Å². The number of hydrogen-bond donors (Lipinski definition) is 2. The van der Waals surface area contributed by atoms with Crippen LogP contribution < -0.4 is 5.32 Å². The number of thiazole rings is 1. The summed E-state index contributed by atoms with van der Waals surface area (Å²) in [5.74, 6) is 0.435. The lowest BCUT2D eigenvalue weighted by molar-refractivity contribution is 0.628. The number of hydrogen-bond acceptors (Lipinski definition) is 6. The van der Waals surface area contributed by atoms with Crippen molar-refractivity contribution in [2.24, 2.45) is 0 Å². The zero-order valence-electron chi connectivity index (χ0n) is 15.6. The first kappa shape index (κ1) is 18.6. The van der Waals surface area contributed by atoms with E-state index in [1.807, 2.05) is 32.2 Å². The molecule has 3 aromatic heterocycles. The largest absolute Gasteiger partial charge is 0.332 e. The number of aromatic nitrogens is 4. The van der Waals surface area contributed by atoms with Gasteiger partial charge in [-0.15, -0.1) is 11.3 Å². The number of thioether (sulfide) groups is 1. The lowest BCUT2D eigenvalue weighted by atomic mass is 10.1. The first-order valence-corrected chi connectivity index (χ1v) is 10.6. The van der Waals surface area contributed by atoms with Gasteiger partial charge in [0.15, 0.2) is 10.3 Å². The average molecular weight is 412 g/mol. The van der Waals surface area contributed by atoms with Gasteiger partial charge in [-0.2, -0.15) is 0 Å². The van der Waals surface area contributed by atoms with Crippen molar-refractivity contribution >= 4 is 34.0 Å². The molecule has 4 rings (SSSR count). The topological polar surface area (TPSA) is 66.5 Å². The van der Waals surface area contributed by atoms with E-state index in [9.17, 15) is 4.39 Å². The molecule has 0 spiro atoms. The van der Waals surface area contributed by atoms with Crippen LogP contribution in [-0.4, -0.2) is 26.2 Å². The standard InChI is InChI=1S/C20H18FN5S2/c1-11-12(2)28-20(23-11)24-16-10-14(8-9-22-16)18-17(25-19(26-18)27-3)13-4-6-15(21)7-5-13/h4-10H,1-3H3,(H,25,26)(H,22,23,24). The van der Waals surface area contributed by atoms with Crippen molar-refractivity contribution in [3.63, 3.8) is 0 Å². The van der Waals surface area contributed by atoms with Gasteiger partial charge in [-0.25, -0.2) is 19.3 Å². The second-order valence-electron chi connectivity index (χ2n) is 6.19. The molecule has 1 aromatic carbocycles. The van der Waals surface area contributed by atoms with E-state index in [1.165, 1.54) is 28.8 Å². The molecule has 0 aliphatic rings. The van der Waals surface area contributed by atoms with Gasteiger partial charge in [0.2, 0.25) is 0 Å². The minimum atomic E-state index is -0.265. The summed E-state index contributed by atoms with van der Waals surface area (Å²) in [5.41, 5.74) is 4.45. The molecule has 0 unspecified atom stereocenters. The van der Waals surface area contributed by atoms with Crippen LogP contribution in [0.3, 0.4) is 0 Å². The maximum atomic E-state index is 13.3. The van der Waals surface area contributed by atoms with Gasteiger partial charge in [-0.05, 0) is 56.5 Å². The summed E-state index contributed by atoms with van der Waals surface area (Å²) in [6, 6.07) is 10.3. The molecule has 0 aliphatic heterocycles.